The van der Waals surface area contributed by atoms with E-state index in [4.69, 9.17) is 17.4 Å². The molecule has 0 aliphatic rings. The molecule has 3 aromatic rings. The lowest BCUT2D eigenvalue weighted by Crippen LogP contribution is -2.03. The van der Waals surface area contributed by atoms with Crippen molar-refractivity contribution in [2.24, 2.45) is 0 Å². The second-order valence-corrected chi connectivity index (χ2v) is 4.43. The highest BCUT2D eigenvalue weighted by molar-refractivity contribution is 5.70. The number of hydrogen-bond acceptors (Lipinski definition) is 4. The summed E-state index contributed by atoms with van der Waals surface area (Å²) in [5, 5.41) is 9.12. The summed E-state index contributed by atoms with van der Waals surface area (Å²) >= 11 is 0. The van der Waals surface area contributed by atoms with E-state index < -0.39 is 0 Å². The van der Waals surface area contributed by atoms with Crippen molar-refractivity contribution in [3.8, 4) is 29.7 Å². The van der Waals surface area contributed by atoms with E-state index in [9.17, 15) is 0 Å². The summed E-state index contributed by atoms with van der Waals surface area (Å²) < 4.78 is 0. The maximum Gasteiger partial charge on any atom is 0.221 e. The van der Waals surface area contributed by atoms with Crippen LogP contribution in [0.4, 0.5) is 5.95 Å². The summed E-state index contributed by atoms with van der Waals surface area (Å²) in [4.78, 5) is 7.93. The first-order chi connectivity index (χ1) is 11.3. The first kappa shape index (κ1) is 15.8. The minimum absolute atomic E-state index is 0.0656. The van der Waals surface area contributed by atoms with Crippen molar-refractivity contribution < 1.29 is 0 Å². The lowest BCUT2D eigenvalue weighted by atomic mass is 10.1. The van der Waals surface area contributed by atoms with Crippen LogP contribution in [0, 0.1) is 23.7 Å². The largest absolute Gasteiger partial charge is 0.368 e. The molecule has 4 heteroatoms. The molecule has 0 saturated carbocycles. The third kappa shape index (κ3) is 4.17. The van der Waals surface area contributed by atoms with Gasteiger partial charge in [0.2, 0.25) is 5.95 Å². The first-order valence-corrected chi connectivity index (χ1v) is 6.86. The Morgan fingerprint density at radius 1 is 0.870 bits per heavy atom. The zero-order valence-corrected chi connectivity index (χ0v) is 12.3. The van der Waals surface area contributed by atoms with Gasteiger partial charge in [0.25, 0.3) is 0 Å². The molecule has 0 spiro atoms. The highest BCUT2D eigenvalue weighted by Crippen LogP contribution is 2.23. The molecule has 3 rings (SSSR count). The number of aromatic nitrogens is 2. The predicted octanol–water partition coefficient (Wildman–Crippen LogP) is 3.27. The van der Waals surface area contributed by atoms with Gasteiger partial charge in [-0.3, -0.25) is 0 Å². The quantitative estimate of drug-likeness (QED) is 0.700. The van der Waals surface area contributed by atoms with Crippen molar-refractivity contribution in [3.05, 3.63) is 78.0 Å². The molecule has 110 valence electrons. The molecule has 1 aromatic heterocycles. The van der Waals surface area contributed by atoms with E-state index in [0.717, 1.165) is 5.56 Å². The minimum Gasteiger partial charge on any atom is -0.368 e. The average molecular weight is 298 g/mol. The highest BCUT2D eigenvalue weighted by Gasteiger charge is 2.13. The second kappa shape index (κ2) is 7.97. The van der Waals surface area contributed by atoms with Gasteiger partial charge >= 0.3 is 0 Å². The fraction of sp³-hybridized carbons (Fsp3) is 0. The van der Waals surface area contributed by atoms with Gasteiger partial charge in [-0.1, -0.05) is 66.7 Å². The van der Waals surface area contributed by atoms with E-state index in [-0.39, 0.29) is 17.2 Å². The van der Waals surface area contributed by atoms with Crippen LogP contribution in [0.1, 0.15) is 11.3 Å². The van der Waals surface area contributed by atoms with E-state index in [1.54, 1.807) is 0 Å². The van der Waals surface area contributed by atoms with Gasteiger partial charge in [0.15, 0.2) is 0 Å². The molecule has 2 N–H and O–H groups in total. The summed E-state index contributed by atoms with van der Waals surface area (Å²) in [6, 6.07) is 23.3. The van der Waals surface area contributed by atoms with Crippen LogP contribution in [-0.4, -0.2) is 9.97 Å². The standard InChI is InChI=1S/C13H8N4.C6H6/c1-2-11-10(8-14)12(17-13(15)16-11)9-6-4-3-5-7-9;1-2-4-6-5-3-1/h1,3-7H,(H2,15,16,17);1-6H. The van der Waals surface area contributed by atoms with Crippen molar-refractivity contribution in [3.63, 3.8) is 0 Å². The summed E-state index contributed by atoms with van der Waals surface area (Å²) in [5.74, 6) is 2.41. The number of terminal acetylenes is 1. The van der Waals surface area contributed by atoms with Crippen LogP contribution in [0.15, 0.2) is 66.7 Å². The molecule has 0 saturated heterocycles. The van der Waals surface area contributed by atoms with Crippen LogP contribution in [0.5, 0.6) is 0 Å². The lowest BCUT2D eigenvalue weighted by Gasteiger charge is -2.05. The summed E-state index contributed by atoms with van der Waals surface area (Å²) in [5.41, 5.74) is 7.31. The van der Waals surface area contributed by atoms with E-state index in [1.165, 1.54) is 0 Å². The van der Waals surface area contributed by atoms with Crippen LogP contribution in [-0.2, 0) is 0 Å². The summed E-state index contributed by atoms with van der Waals surface area (Å²) in [6.07, 6.45) is 5.30. The molecule has 0 aliphatic heterocycles. The van der Waals surface area contributed by atoms with Crippen molar-refractivity contribution >= 4 is 5.95 Å². The Kier molecular flexibility index (Phi) is 5.46. The van der Waals surface area contributed by atoms with Crippen molar-refractivity contribution in [1.29, 1.82) is 5.26 Å². The van der Waals surface area contributed by atoms with Crippen LogP contribution < -0.4 is 5.73 Å². The Bertz CT molecular complexity index is 818. The highest BCUT2D eigenvalue weighted by atomic mass is 15.0. The normalized spacial score (nSPS) is 8.96. The molecule has 0 amide bonds. The molecule has 0 fully saturated rings. The zero-order valence-electron chi connectivity index (χ0n) is 12.3. The van der Waals surface area contributed by atoms with Gasteiger partial charge in [-0.05, 0) is 5.92 Å². The number of anilines is 1. The smallest absolute Gasteiger partial charge is 0.221 e. The fourth-order valence-electron chi connectivity index (χ4n) is 1.88. The van der Waals surface area contributed by atoms with Crippen LogP contribution >= 0.6 is 0 Å². The number of rotatable bonds is 1. The molecule has 4 nitrogen and oxygen atoms in total. The molecule has 0 aliphatic carbocycles. The van der Waals surface area contributed by atoms with Crippen molar-refractivity contribution in [2.45, 2.75) is 0 Å². The summed E-state index contributed by atoms with van der Waals surface area (Å²) in [6.45, 7) is 0. The SMILES string of the molecule is C#Cc1nc(N)nc(-c2ccccc2)c1C#N.c1ccccc1. The Labute approximate surface area is 135 Å². The molecule has 0 bridgehead atoms. The second-order valence-electron chi connectivity index (χ2n) is 4.43. The van der Waals surface area contributed by atoms with Crippen LogP contribution in [0.2, 0.25) is 0 Å². The van der Waals surface area contributed by atoms with Crippen LogP contribution in [0.25, 0.3) is 11.3 Å². The molecule has 0 radical (unpaired) electrons. The summed E-state index contributed by atoms with van der Waals surface area (Å²) in [7, 11) is 0. The number of nitrogen functional groups attached to an aromatic ring is 1. The number of hydrogen-bond donors (Lipinski definition) is 1. The number of nitriles is 1. The Hall–Kier alpha value is -3.63. The predicted molar refractivity (Wildman–Crippen MR) is 91.0 cm³/mol. The van der Waals surface area contributed by atoms with E-state index in [1.807, 2.05) is 72.8 Å². The molecular weight excluding hydrogens is 284 g/mol. The van der Waals surface area contributed by atoms with Gasteiger partial charge in [0, 0.05) is 5.56 Å². The maximum absolute atomic E-state index is 9.12. The van der Waals surface area contributed by atoms with Gasteiger partial charge < -0.3 is 5.73 Å². The number of benzene rings is 2. The molecule has 2 aromatic carbocycles. The topological polar surface area (TPSA) is 75.6 Å². The van der Waals surface area contributed by atoms with Gasteiger partial charge in [-0.2, -0.15) is 5.26 Å². The molecular formula is C19H14N4. The van der Waals surface area contributed by atoms with Gasteiger partial charge in [-0.25, -0.2) is 9.97 Å². The average Bonchev–Trinajstić information content (AvgIpc) is 2.63. The van der Waals surface area contributed by atoms with Crippen molar-refractivity contribution in [2.75, 3.05) is 5.73 Å². The molecule has 1 heterocycles. The van der Waals surface area contributed by atoms with E-state index >= 15 is 0 Å². The third-order valence-corrected chi connectivity index (χ3v) is 2.89. The Morgan fingerprint density at radius 3 is 1.87 bits per heavy atom. The van der Waals surface area contributed by atoms with E-state index in [0.29, 0.717) is 5.69 Å². The molecule has 0 unspecified atom stereocenters. The Morgan fingerprint density at radius 2 is 1.39 bits per heavy atom. The van der Waals surface area contributed by atoms with Crippen LogP contribution in [0.3, 0.4) is 0 Å². The lowest BCUT2D eigenvalue weighted by molar-refractivity contribution is 1.15. The van der Waals surface area contributed by atoms with E-state index in [2.05, 4.69) is 15.9 Å². The monoisotopic (exact) mass is 298 g/mol. The maximum atomic E-state index is 9.12. The number of nitrogens with zero attached hydrogens (tertiary/aromatic N) is 3. The Balaban J connectivity index is 0.000000268. The molecule has 23 heavy (non-hydrogen) atoms. The third-order valence-electron chi connectivity index (χ3n) is 2.89. The van der Waals surface area contributed by atoms with Gasteiger partial charge in [0.1, 0.15) is 17.3 Å². The zero-order chi connectivity index (χ0) is 16.5. The molecule has 0 atom stereocenters. The first-order valence-electron chi connectivity index (χ1n) is 6.86. The van der Waals surface area contributed by atoms with Crippen molar-refractivity contribution in [1.82, 2.24) is 9.97 Å². The van der Waals surface area contributed by atoms with Gasteiger partial charge in [-0.15, -0.1) is 6.42 Å². The fourth-order valence-corrected chi connectivity index (χ4v) is 1.88. The van der Waals surface area contributed by atoms with Gasteiger partial charge in [0.05, 0.1) is 5.69 Å². The number of nitrogens with two attached hydrogens (primary N) is 1. The minimum atomic E-state index is 0.0656.